The first kappa shape index (κ1) is 22.5. The van der Waals surface area contributed by atoms with Gasteiger partial charge in [0.05, 0.1) is 29.0 Å². The third-order valence-electron chi connectivity index (χ3n) is 5.15. The number of aryl methyl sites for hydroxylation is 1. The van der Waals surface area contributed by atoms with E-state index in [2.05, 4.69) is 23.6 Å². The van der Waals surface area contributed by atoms with Crippen LogP contribution in [0.4, 0.5) is 10.8 Å². The second kappa shape index (κ2) is 10.3. The molecule has 2 heterocycles. The van der Waals surface area contributed by atoms with E-state index in [1.807, 2.05) is 41.8 Å². The largest absolute Gasteiger partial charge is 0.383 e. The predicted octanol–water partition coefficient (Wildman–Crippen LogP) is 5.68. The predicted molar refractivity (Wildman–Crippen MR) is 132 cm³/mol. The number of carbonyl (C=O) groups excluding carboxylic acids is 1. The van der Waals surface area contributed by atoms with E-state index in [4.69, 9.17) is 14.7 Å². The molecule has 0 atom stereocenters. The van der Waals surface area contributed by atoms with Crippen molar-refractivity contribution in [3.8, 4) is 0 Å². The summed E-state index contributed by atoms with van der Waals surface area (Å²) in [6.45, 7) is 5.05. The maximum atomic E-state index is 12.5. The highest BCUT2D eigenvalue weighted by molar-refractivity contribution is 7.98. The number of fused-ring (bicyclic) bond motifs is 1. The number of amides is 1. The lowest BCUT2D eigenvalue weighted by atomic mass is 10.1. The molecule has 8 heteroatoms. The third kappa shape index (κ3) is 4.72. The molecule has 4 aromatic rings. The summed E-state index contributed by atoms with van der Waals surface area (Å²) < 4.78 is 7.48. The van der Waals surface area contributed by atoms with Gasteiger partial charge in [0.2, 0.25) is 5.91 Å². The van der Waals surface area contributed by atoms with Crippen molar-refractivity contribution in [3.63, 3.8) is 0 Å². The second-order valence-corrected chi connectivity index (χ2v) is 9.05. The van der Waals surface area contributed by atoms with Crippen LogP contribution in [0.3, 0.4) is 0 Å². The molecule has 166 valence electrons. The molecule has 0 aliphatic carbocycles. The molecule has 2 aromatic carbocycles. The van der Waals surface area contributed by atoms with Crippen molar-refractivity contribution in [2.24, 2.45) is 0 Å². The normalized spacial score (nSPS) is 11.2. The van der Waals surface area contributed by atoms with Crippen molar-refractivity contribution in [3.05, 3.63) is 65.2 Å². The molecule has 32 heavy (non-hydrogen) atoms. The molecule has 0 spiro atoms. The molecule has 0 bridgehead atoms. The quantitative estimate of drug-likeness (QED) is 0.297. The minimum absolute atomic E-state index is 0.0409. The first-order valence-electron chi connectivity index (χ1n) is 10.5. The monoisotopic (exact) mass is 466 g/mol. The number of hydrogen-bond donors (Lipinski definition) is 0. The van der Waals surface area contributed by atoms with Crippen LogP contribution in [0, 0.1) is 0 Å². The summed E-state index contributed by atoms with van der Waals surface area (Å²) in [4.78, 5) is 23.8. The lowest BCUT2D eigenvalue weighted by molar-refractivity contribution is -0.115. The van der Waals surface area contributed by atoms with Gasteiger partial charge in [0.25, 0.3) is 0 Å². The zero-order chi connectivity index (χ0) is 22.5. The van der Waals surface area contributed by atoms with Gasteiger partial charge in [0.1, 0.15) is 0 Å². The Kier molecular flexibility index (Phi) is 7.24. The number of carbonyl (C=O) groups is 1. The number of methoxy groups -OCH3 is 1. The summed E-state index contributed by atoms with van der Waals surface area (Å²) in [6.07, 6.45) is 0.853. The molecule has 6 nitrogen and oxygen atoms in total. The Balaban J connectivity index is 1.56. The van der Waals surface area contributed by atoms with Crippen LogP contribution in [-0.4, -0.2) is 34.2 Å². The van der Waals surface area contributed by atoms with Crippen molar-refractivity contribution < 1.29 is 9.53 Å². The van der Waals surface area contributed by atoms with Gasteiger partial charge in [-0.3, -0.25) is 9.69 Å². The number of thiazole rings is 1. The van der Waals surface area contributed by atoms with Crippen LogP contribution in [-0.2, 0) is 28.2 Å². The zero-order valence-corrected chi connectivity index (χ0v) is 20.1. The van der Waals surface area contributed by atoms with E-state index in [1.165, 1.54) is 11.3 Å². The minimum atomic E-state index is -0.0409. The minimum Gasteiger partial charge on any atom is -0.383 e. The van der Waals surface area contributed by atoms with Gasteiger partial charge in [0.15, 0.2) is 10.3 Å². The van der Waals surface area contributed by atoms with E-state index >= 15 is 0 Å². The maximum absolute atomic E-state index is 12.5. The Morgan fingerprint density at radius 1 is 1.16 bits per heavy atom. The molecule has 0 saturated heterocycles. The molecule has 0 N–H and O–H groups in total. The molecule has 0 saturated carbocycles. The zero-order valence-electron chi connectivity index (χ0n) is 18.4. The Hall–Kier alpha value is -2.68. The molecule has 2 aromatic heterocycles. The smallest absolute Gasteiger partial charge is 0.230 e. The van der Waals surface area contributed by atoms with E-state index in [-0.39, 0.29) is 5.91 Å². The lowest BCUT2D eigenvalue weighted by Crippen LogP contribution is -2.23. The number of hydrogen-bond acceptors (Lipinski definition) is 6. The van der Waals surface area contributed by atoms with E-state index < -0.39 is 0 Å². The van der Waals surface area contributed by atoms with Gasteiger partial charge in [-0.25, -0.2) is 9.97 Å². The molecule has 4 rings (SSSR count). The number of ether oxygens (including phenoxy) is 1. The van der Waals surface area contributed by atoms with E-state index in [1.54, 1.807) is 30.7 Å². The fourth-order valence-electron chi connectivity index (χ4n) is 3.60. The van der Waals surface area contributed by atoms with Crippen LogP contribution in [0.5, 0.6) is 0 Å². The Bertz CT molecular complexity index is 1220. The van der Waals surface area contributed by atoms with Gasteiger partial charge >= 0.3 is 0 Å². The van der Waals surface area contributed by atoms with Crippen molar-refractivity contribution in [2.75, 3.05) is 18.6 Å². The van der Waals surface area contributed by atoms with Crippen molar-refractivity contribution in [1.29, 1.82) is 0 Å². The molecule has 0 aliphatic rings. The van der Waals surface area contributed by atoms with Crippen LogP contribution < -0.4 is 4.90 Å². The number of thioether (sulfide) groups is 1. The van der Waals surface area contributed by atoms with Gasteiger partial charge in [-0.15, -0.1) is 11.3 Å². The number of imidazole rings is 1. The molecular formula is C24H26N4O2S2. The molecule has 1 amide bonds. The highest BCUT2D eigenvalue weighted by atomic mass is 32.2. The molecule has 0 aliphatic heterocycles. The number of rotatable bonds is 9. The van der Waals surface area contributed by atoms with Crippen molar-refractivity contribution in [1.82, 2.24) is 14.5 Å². The number of nitrogens with zero attached hydrogens (tertiary/aromatic N) is 4. The average Bonchev–Trinajstić information content (AvgIpc) is 3.41. The average molecular weight is 467 g/mol. The van der Waals surface area contributed by atoms with Gasteiger partial charge < -0.3 is 9.30 Å². The summed E-state index contributed by atoms with van der Waals surface area (Å²) in [5.74, 6) is 0.634. The van der Waals surface area contributed by atoms with Crippen LogP contribution in [0.15, 0.2) is 59.1 Å². The van der Waals surface area contributed by atoms with Crippen LogP contribution in [0.25, 0.3) is 11.0 Å². The van der Waals surface area contributed by atoms with Gasteiger partial charge in [-0.1, -0.05) is 49.0 Å². The summed E-state index contributed by atoms with van der Waals surface area (Å²) in [7, 11) is 1.71. The molecule has 0 unspecified atom stereocenters. The highest BCUT2D eigenvalue weighted by Crippen LogP contribution is 2.33. The summed E-state index contributed by atoms with van der Waals surface area (Å²) in [5, 5.41) is 3.66. The Morgan fingerprint density at radius 2 is 1.94 bits per heavy atom. The SMILES string of the molecule is CCc1ccccc1N(C(C)=O)c1nc(CSc2nc3ccccc3n2CCOC)cs1. The van der Waals surface area contributed by atoms with Crippen molar-refractivity contribution in [2.45, 2.75) is 37.7 Å². The first-order valence-corrected chi connectivity index (χ1v) is 12.4. The van der Waals surface area contributed by atoms with Crippen LogP contribution >= 0.6 is 23.1 Å². The first-order chi connectivity index (χ1) is 15.6. The maximum Gasteiger partial charge on any atom is 0.230 e. The Labute approximate surface area is 196 Å². The summed E-state index contributed by atoms with van der Waals surface area (Å²) >= 11 is 3.14. The fourth-order valence-corrected chi connectivity index (χ4v) is 5.52. The number of para-hydroxylation sites is 3. The molecule has 0 fully saturated rings. The van der Waals surface area contributed by atoms with Gasteiger partial charge in [0, 0.05) is 31.7 Å². The van der Waals surface area contributed by atoms with Crippen LogP contribution in [0.1, 0.15) is 25.1 Å². The molecular weight excluding hydrogens is 440 g/mol. The summed E-state index contributed by atoms with van der Waals surface area (Å²) in [5.41, 5.74) is 5.03. The van der Waals surface area contributed by atoms with E-state index in [9.17, 15) is 4.79 Å². The van der Waals surface area contributed by atoms with E-state index in [0.717, 1.165) is 46.1 Å². The fraction of sp³-hybridized carbons (Fsp3) is 0.292. The summed E-state index contributed by atoms with van der Waals surface area (Å²) in [6, 6.07) is 16.1. The van der Waals surface area contributed by atoms with E-state index in [0.29, 0.717) is 17.5 Å². The lowest BCUT2D eigenvalue weighted by Gasteiger charge is -2.20. The van der Waals surface area contributed by atoms with Crippen LogP contribution in [0.2, 0.25) is 0 Å². The second-order valence-electron chi connectivity index (χ2n) is 7.27. The number of aromatic nitrogens is 3. The Morgan fingerprint density at radius 3 is 2.72 bits per heavy atom. The number of benzene rings is 2. The topological polar surface area (TPSA) is 60.2 Å². The molecule has 0 radical (unpaired) electrons. The van der Waals surface area contributed by atoms with Gasteiger partial charge in [-0.05, 0) is 30.2 Å². The standard InChI is InChI=1S/C24H26N4O2S2/c1-4-18-9-5-7-11-21(18)28(17(2)29)24-25-19(16-32-24)15-31-23-26-20-10-6-8-12-22(20)27(23)13-14-30-3/h5-12,16H,4,13-15H2,1-3H3. The third-order valence-corrected chi connectivity index (χ3v) is 7.03. The highest BCUT2D eigenvalue weighted by Gasteiger charge is 2.20. The van der Waals surface area contributed by atoms with Gasteiger partial charge in [-0.2, -0.15) is 0 Å². The van der Waals surface area contributed by atoms with Crippen molar-refractivity contribution >= 4 is 50.9 Å². The number of anilines is 2.